The van der Waals surface area contributed by atoms with Gasteiger partial charge in [0.15, 0.2) is 0 Å². The number of nitrogens with zero attached hydrogens (tertiary/aromatic N) is 2. The topological polar surface area (TPSA) is 43.8 Å². The number of imidazole rings is 1. The van der Waals surface area contributed by atoms with Crippen LogP contribution in [0.4, 0.5) is 8.78 Å². The lowest BCUT2D eigenvalue weighted by molar-refractivity contribution is 0.0671. The largest absolute Gasteiger partial charge is 0.323 e. The predicted octanol–water partition coefficient (Wildman–Crippen LogP) is 1.86. The van der Waals surface area contributed by atoms with Crippen molar-refractivity contribution in [2.45, 2.75) is 32.9 Å². The molecule has 3 nitrogen and oxygen atoms in total. The van der Waals surface area contributed by atoms with Crippen LogP contribution in [-0.4, -0.2) is 9.55 Å². The monoisotopic (exact) mass is 189 g/mol. The molecule has 0 aliphatic carbocycles. The molecule has 13 heavy (non-hydrogen) atoms. The van der Waals surface area contributed by atoms with Crippen LogP contribution < -0.4 is 5.73 Å². The lowest BCUT2D eigenvalue weighted by atomic mass is 10.3. The van der Waals surface area contributed by atoms with Gasteiger partial charge in [0.2, 0.25) is 0 Å². The molecule has 0 unspecified atom stereocenters. The molecule has 74 valence electrons. The van der Waals surface area contributed by atoms with Gasteiger partial charge < -0.3 is 5.73 Å². The molecule has 1 rings (SSSR count). The minimum absolute atomic E-state index is 0.301. The minimum atomic E-state index is -2.53. The maximum absolute atomic E-state index is 12.4. The van der Waals surface area contributed by atoms with Gasteiger partial charge in [0, 0.05) is 18.7 Å². The third-order valence-corrected chi connectivity index (χ3v) is 1.82. The van der Waals surface area contributed by atoms with Crippen molar-refractivity contribution in [2.75, 3.05) is 0 Å². The van der Waals surface area contributed by atoms with Crippen LogP contribution in [0.5, 0.6) is 0 Å². The summed E-state index contributed by atoms with van der Waals surface area (Å²) in [6.07, 6.45) is 1.80. The standard InChI is InChI=1S/C8H13F2N3/c1-3-7-12-6(5(2)11)4-13(7)8(9)10/h4-5,8H,3,11H2,1-2H3/t5-/m1/s1. The Morgan fingerprint density at radius 2 is 2.23 bits per heavy atom. The van der Waals surface area contributed by atoms with Crippen LogP contribution in [0.2, 0.25) is 0 Å². The summed E-state index contributed by atoms with van der Waals surface area (Å²) < 4.78 is 25.6. The van der Waals surface area contributed by atoms with E-state index in [0.717, 1.165) is 4.57 Å². The Labute approximate surface area is 75.6 Å². The molecule has 0 aliphatic heterocycles. The van der Waals surface area contributed by atoms with Gasteiger partial charge in [0.1, 0.15) is 5.82 Å². The summed E-state index contributed by atoms with van der Waals surface area (Å²) in [5.74, 6) is 0.377. The van der Waals surface area contributed by atoms with E-state index >= 15 is 0 Å². The van der Waals surface area contributed by atoms with Crippen LogP contribution in [-0.2, 0) is 6.42 Å². The van der Waals surface area contributed by atoms with Crippen molar-refractivity contribution in [3.8, 4) is 0 Å². The van der Waals surface area contributed by atoms with Gasteiger partial charge in [-0.2, -0.15) is 8.78 Å². The Kier molecular flexibility index (Phi) is 2.98. The molecule has 0 aromatic carbocycles. The van der Waals surface area contributed by atoms with E-state index in [-0.39, 0.29) is 6.04 Å². The summed E-state index contributed by atoms with van der Waals surface area (Å²) in [7, 11) is 0. The molecule has 2 N–H and O–H groups in total. The van der Waals surface area contributed by atoms with Crippen LogP contribution in [0.1, 0.15) is 38.0 Å². The molecule has 0 radical (unpaired) electrons. The first kappa shape index (κ1) is 10.1. The fourth-order valence-electron chi connectivity index (χ4n) is 1.10. The highest BCUT2D eigenvalue weighted by molar-refractivity contribution is 5.07. The van der Waals surface area contributed by atoms with Crippen LogP contribution in [0.25, 0.3) is 0 Å². The van der Waals surface area contributed by atoms with Gasteiger partial charge in [-0.25, -0.2) is 4.98 Å². The summed E-state index contributed by atoms with van der Waals surface area (Å²) in [6, 6.07) is -0.301. The van der Waals surface area contributed by atoms with Crippen molar-refractivity contribution < 1.29 is 8.78 Å². The first-order valence-electron chi connectivity index (χ1n) is 4.17. The number of hydrogen-bond acceptors (Lipinski definition) is 2. The SMILES string of the molecule is CCc1nc([C@@H](C)N)cn1C(F)F. The Morgan fingerprint density at radius 3 is 2.54 bits per heavy atom. The van der Waals surface area contributed by atoms with E-state index in [4.69, 9.17) is 5.73 Å². The Bertz CT molecular complexity index is 281. The summed E-state index contributed by atoms with van der Waals surface area (Å²) in [6.45, 7) is 0.971. The third-order valence-electron chi connectivity index (χ3n) is 1.82. The molecule has 0 bridgehead atoms. The molecular formula is C8H13F2N3. The zero-order valence-corrected chi connectivity index (χ0v) is 7.67. The van der Waals surface area contributed by atoms with E-state index in [1.807, 2.05) is 0 Å². The van der Waals surface area contributed by atoms with Gasteiger partial charge in [-0.15, -0.1) is 0 Å². The maximum Gasteiger partial charge on any atom is 0.319 e. The number of alkyl halides is 2. The Morgan fingerprint density at radius 1 is 1.62 bits per heavy atom. The van der Waals surface area contributed by atoms with E-state index < -0.39 is 6.55 Å². The lowest BCUT2D eigenvalue weighted by Gasteiger charge is -2.02. The highest BCUT2D eigenvalue weighted by atomic mass is 19.3. The van der Waals surface area contributed by atoms with Crippen molar-refractivity contribution >= 4 is 0 Å². The average Bonchev–Trinajstić information content (AvgIpc) is 2.47. The normalized spacial score (nSPS) is 13.7. The number of hydrogen-bond donors (Lipinski definition) is 1. The van der Waals surface area contributed by atoms with Gasteiger partial charge in [0.05, 0.1) is 5.69 Å². The summed E-state index contributed by atoms with van der Waals surface area (Å²) >= 11 is 0. The second-order valence-corrected chi connectivity index (χ2v) is 2.91. The van der Waals surface area contributed by atoms with Crippen LogP contribution >= 0.6 is 0 Å². The molecule has 1 heterocycles. The number of aryl methyl sites for hydroxylation is 1. The quantitative estimate of drug-likeness (QED) is 0.788. The first-order valence-corrected chi connectivity index (χ1v) is 4.17. The van der Waals surface area contributed by atoms with Gasteiger partial charge in [-0.1, -0.05) is 6.92 Å². The van der Waals surface area contributed by atoms with Gasteiger partial charge in [-0.3, -0.25) is 4.57 Å². The van der Waals surface area contributed by atoms with Crippen molar-refractivity contribution in [3.05, 3.63) is 17.7 Å². The molecule has 0 amide bonds. The molecule has 0 fully saturated rings. The fourth-order valence-corrected chi connectivity index (χ4v) is 1.10. The van der Waals surface area contributed by atoms with Crippen molar-refractivity contribution in [1.82, 2.24) is 9.55 Å². The molecule has 5 heteroatoms. The second-order valence-electron chi connectivity index (χ2n) is 2.91. The van der Waals surface area contributed by atoms with E-state index in [0.29, 0.717) is 17.9 Å². The van der Waals surface area contributed by atoms with E-state index in [9.17, 15) is 8.78 Å². The van der Waals surface area contributed by atoms with Gasteiger partial charge >= 0.3 is 6.55 Å². The molecule has 1 aromatic heterocycles. The zero-order chi connectivity index (χ0) is 10.0. The van der Waals surface area contributed by atoms with Gasteiger partial charge in [0.25, 0.3) is 0 Å². The first-order chi connectivity index (χ1) is 6.06. The van der Waals surface area contributed by atoms with Crippen molar-refractivity contribution in [2.24, 2.45) is 5.73 Å². The van der Waals surface area contributed by atoms with Crippen LogP contribution in [0.3, 0.4) is 0 Å². The highest BCUT2D eigenvalue weighted by Gasteiger charge is 2.14. The molecule has 1 aromatic rings. The van der Waals surface area contributed by atoms with Crippen LogP contribution in [0, 0.1) is 0 Å². The maximum atomic E-state index is 12.4. The molecule has 0 saturated heterocycles. The number of rotatable bonds is 3. The molecule has 0 aliphatic rings. The number of aromatic nitrogens is 2. The molecule has 0 spiro atoms. The Balaban J connectivity index is 3.04. The second kappa shape index (κ2) is 3.83. The summed E-state index contributed by atoms with van der Waals surface area (Å²) in [4.78, 5) is 4.01. The van der Waals surface area contributed by atoms with Crippen molar-refractivity contribution in [3.63, 3.8) is 0 Å². The average molecular weight is 189 g/mol. The minimum Gasteiger partial charge on any atom is -0.323 e. The predicted molar refractivity (Wildman–Crippen MR) is 45.5 cm³/mol. The molecule has 0 saturated carbocycles. The third kappa shape index (κ3) is 2.03. The van der Waals surface area contributed by atoms with E-state index in [2.05, 4.69) is 4.98 Å². The summed E-state index contributed by atoms with van der Waals surface area (Å²) in [5, 5.41) is 0. The Hall–Kier alpha value is -0.970. The summed E-state index contributed by atoms with van der Waals surface area (Å²) in [5.41, 5.74) is 6.04. The van der Waals surface area contributed by atoms with Crippen LogP contribution in [0.15, 0.2) is 6.20 Å². The van der Waals surface area contributed by atoms with E-state index in [1.165, 1.54) is 6.20 Å². The molecular weight excluding hydrogens is 176 g/mol. The zero-order valence-electron chi connectivity index (χ0n) is 7.67. The lowest BCUT2D eigenvalue weighted by Crippen LogP contribution is -2.05. The number of halogens is 2. The van der Waals surface area contributed by atoms with E-state index in [1.54, 1.807) is 13.8 Å². The van der Waals surface area contributed by atoms with Crippen molar-refractivity contribution in [1.29, 1.82) is 0 Å². The smallest absolute Gasteiger partial charge is 0.319 e. The fraction of sp³-hybridized carbons (Fsp3) is 0.625. The number of nitrogens with two attached hydrogens (primary N) is 1. The molecule has 1 atom stereocenters. The van der Waals surface area contributed by atoms with Gasteiger partial charge in [-0.05, 0) is 6.92 Å². The highest BCUT2D eigenvalue weighted by Crippen LogP contribution is 2.17.